The van der Waals surface area contributed by atoms with E-state index in [1.54, 1.807) is 12.1 Å². The summed E-state index contributed by atoms with van der Waals surface area (Å²) in [5.41, 5.74) is 1.54. The monoisotopic (exact) mass is 354 g/mol. The van der Waals surface area contributed by atoms with E-state index in [4.69, 9.17) is 0 Å². The first kappa shape index (κ1) is 16.6. The minimum Gasteiger partial charge on any atom is -0.206 e. The predicted molar refractivity (Wildman–Crippen MR) is 84.8 cm³/mol. The van der Waals surface area contributed by atoms with Crippen LogP contribution >= 0.6 is 11.3 Å². The summed E-state index contributed by atoms with van der Waals surface area (Å²) in [6.45, 7) is 1.89. The largest absolute Gasteiger partial charge is 0.425 e. The highest BCUT2D eigenvalue weighted by Gasteiger charge is 2.33. The van der Waals surface area contributed by atoms with Crippen LogP contribution in [0.1, 0.15) is 10.4 Å². The van der Waals surface area contributed by atoms with Gasteiger partial charge >= 0.3 is 6.18 Å². The Morgan fingerprint density at radius 3 is 1.88 bits per heavy atom. The summed E-state index contributed by atoms with van der Waals surface area (Å²) in [7, 11) is 0. The summed E-state index contributed by atoms with van der Waals surface area (Å²) in [4.78, 5) is -0.980. The van der Waals surface area contributed by atoms with Gasteiger partial charge in [-0.05, 0) is 42.3 Å². The van der Waals surface area contributed by atoms with Crippen molar-refractivity contribution in [1.29, 1.82) is 0 Å². The van der Waals surface area contributed by atoms with E-state index in [1.165, 1.54) is 0 Å². The third-order valence-corrected chi connectivity index (χ3v) is 4.71. The fourth-order valence-corrected chi connectivity index (χ4v) is 3.27. The smallest absolute Gasteiger partial charge is 0.206 e. The van der Waals surface area contributed by atoms with Crippen molar-refractivity contribution >= 4 is 11.3 Å². The molecule has 0 fully saturated rings. The zero-order chi connectivity index (χ0) is 17.5. The second kappa shape index (κ2) is 6.02. The molecular formula is C18H11F5S. The van der Waals surface area contributed by atoms with Crippen LogP contribution in [0.15, 0.2) is 48.5 Å². The molecule has 3 rings (SSSR count). The molecule has 6 heteroatoms. The molecule has 0 amide bonds. The average Bonchev–Trinajstić information content (AvgIpc) is 2.97. The second-order valence-electron chi connectivity index (χ2n) is 5.34. The maximum Gasteiger partial charge on any atom is 0.425 e. The zero-order valence-electron chi connectivity index (χ0n) is 12.4. The van der Waals surface area contributed by atoms with Crippen LogP contribution in [-0.4, -0.2) is 0 Å². The predicted octanol–water partition coefficient (Wildman–Crippen LogP) is 6.69. The van der Waals surface area contributed by atoms with Gasteiger partial charge in [0.15, 0.2) is 0 Å². The van der Waals surface area contributed by atoms with Crippen LogP contribution < -0.4 is 0 Å². The van der Waals surface area contributed by atoms with Gasteiger partial charge in [0.05, 0.1) is 5.56 Å². The van der Waals surface area contributed by atoms with Crippen LogP contribution in [0, 0.1) is 18.6 Å². The van der Waals surface area contributed by atoms with Crippen molar-refractivity contribution in [3.05, 3.63) is 70.6 Å². The van der Waals surface area contributed by atoms with Crippen molar-refractivity contribution in [2.75, 3.05) is 0 Å². The standard InChI is InChI=1S/C18H11F5S/c1-10-2-4-11(5-3-10)12-8-13(19)17(14(20)9-12)15-6-7-16(24-15)18(21,22)23/h2-9H,1H3. The van der Waals surface area contributed by atoms with Gasteiger partial charge in [-0.1, -0.05) is 29.8 Å². The lowest BCUT2D eigenvalue weighted by Gasteiger charge is -2.08. The van der Waals surface area contributed by atoms with Crippen LogP contribution in [0.4, 0.5) is 22.0 Å². The number of benzene rings is 2. The lowest BCUT2D eigenvalue weighted by molar-refractivity contribution is -0.134. The molecule has 0 atom stereocenters. The van der Waals surface area contributed by atoms with Gasteiger partial charge in [0.25, 0.3) is 0 Å². The Bertz CT molecular complexity index is 852. The molecule has 0 radical (unpaired) electrons. The summed E-state index contributed by atoms with van der Waals surface area (Å²) in [6.07, 6.45) is -4.53. The van der Waals surface area contributed by atoms with Gasteiger partial charge in [-0.15, -0.1) is 11.3 Å². The van der Waals surface area contributed by atoms with Crippen molar-refractivity contribution < 1.29 is 22.0 Å². The molecule has 0 saturated carbocycles. The highest BCUT2D eigenvalue weighted by molar-refractivity contribution is 7.15. The van der Waals surface area contributed by atoms with E-state index in [9.17, 15) is 22.0 Å². The Balaban J connectivity index is 2.05. The van der Waals surface area contributed by atoms with E-state index in [0.717, 1.165) is 29.8 Å². The molecular weight excluding hydrogens is 343 g/mol. The van der Waals surface area contributed by atoms with Crippen LogP contribution in [0.2, 0.25) is 0 Å². The number of thiophene rings is 1. The average molecular weight is 354 g/mol. The normalized spacial score (nSPS) is 11.8. The molecule has 3 aromatic rings. The van der Waals surface area contributed by atoms with Gasteiger partial charge in [0.2, 0.25) is 0 Å². The van der Waals surface area contributed by atoms with Crippen LogP contribution in [-0.2, 0) is 6.18 Å². The van der Waals surface area contributed by atoms with Crippen molar-refractivity contribution in [3.8, 4) is 21.6 Å². The van der Waals surface area contributed by atoms with E-state index in [0.29, 0.717) is 22.5 Å². The van der Waals surface area contributed by atoms with Crippen LogP contribution in [0.25, 0.3) is 21.6 Å². The number of hydrogen-bond donors (Lipinski definition) is 0. The summed E-state index contributed by atoms with van der Waals surface area (Å²) < 4.78 is 66.7. The molecule has 0 unspecified atom stereocenters. The van der Waals surface area contributed by atoms with Crippen molar-refractivity contribution in [3.63, 3.8) is 0 Å². The second-order valence-corrected chi connectivity index (χ2v) is 6.43. The number of halogens is 5. The van der Waals surface area contributed by atoms with Crippen molar-refractivity contribution in [2.45, 2.75) is 13.1 Å². The zero-order valence-corrected chi connectivity index (χ0v) is 13.2. The van der Waals surface area contributed by atoms with E-state index < -0.39 is 28.3 Å². The molecule has 0 aliphatic carbocycles. The Morgan fingerprint density at radius 1 is 0.792 bits per heavy atom. The molecule has 2 aromatic carbocycles. The maximum atomic E-state index is 14.4. The van der Waals surface area contributed by atoms with E-state index >= 15 is 0 Å². The SMILES string of the molecule is Cc1ccc(-c2cc(F)c(-c3ccc(C(F)(F)F)s3)c(F)c2)cc1. The van der Waals surface area contributed by atoms with Crippen LogP contribution in [0.3, 0.4) is 0 Å². The van der Waals surface area contributed by atoms with Gasteiger partial charge in [-0.2, -0.15) is 13.2 Å². The lowest BCUT2D eigenvalue weighted by atomic mass is 10.0. The van der Waals surface area contributed by atoms with Gasteiger partial charge in [-0.3, -0.25) is 0 Å². The fourth-order valence-electron chi connectivity index (χ4n) is 2.35. The number of rotatable bonds is 2. The first-order valence-corrected chi connectivity index (χ1v) is 7.81. The minimum absolute atomic E-state index is 0.0900. The molecule has 0 N–H and O–H groups in total. The van der Waals surface area contributed by atoms with Gasteiger partial charge in [0, 0.05) is 4.88 Å². The molecule has 0 aliphatic heterocycles. The highest BCUT2D eigenvalue weighted by Crippen LogP contribution is 2.40. The number of alkyl halides is 3. The Kier molecular flexibility index (Phi) is 4.17. The summed E-state index contributed by atoms with van der Waals surface area (Å²) in [5.74, 6) is -1.78. The molecule has 1 heterocycles. The summed E-state index contributed by atoms with van der Waals surface area (Å²) in [5, 5.41) is 0. The first-order valence-electron chi connectivity index (χ1n) is 6.99. The maximum absolute atomic E-state index is 14.4. The molecule has 0 saturated heterocycles. The van der Waals surface area contributed by atoms with E-state index in [2.05, 4.69) is 0 Å². The third kappa shape index (κ3) is 3.19. The Morgan fingerprint density at radius 2 is 1.38 bits per heavy atom. The highest BCUT2D eigenvalue weighted by atomic mass is 32.1. The van der Waals surface area contributed by atoms with E-state index in [-0.39, 0.29) is 4.88 Å². The van der Waals surface area contributed by atoms with Gasteiger partial charge in [0.1, 0.15) is 16.5 Å². The first-order chi connectivity index (χ1) is 11.3. The molecule has 0 nitrogen and oxygen atoms in total. The molecule has 0 bridgehead atoms. The van der Waals surface area contributed by atoms with Crippen molar-refractivity contribution in [1.82, 2.24) is 0 Å². The van der Waals surface area contributed by atoms with Gasteiger partial charge in [-0.25, -0.2) is 8.78 Å². The van der Waals surface area contributed by atoms with Crippen molar-refractivity contribution in [2.24, 2.45) is 0 Å². The molecule has 124 valence electrons. The molecule has 24 heavy (non-hydrogen) atoms. The minimum atomic E-state index is -4.53. The fraction of sp³-hybridized carbons (Fsp3) is 0.111. The summed E-state index contributed by atoms with van der Waals surface area (Å²) >= 11 is 0.320. The molecule has 0 aliphatic rings. The third-order valence-electron chi connectivity index (χ3n) is 3.56. The Labute approximate surface area is 139 Å². The van der Waals surface area contributed by atoms with E-state index in [1.807, 2.05) is 19.1 Å². The summed E-state index contributed by atoms with van der Waals surface area (Å²) in [6, 6.07) is 11.3. The Hall–Kier alpha value is -2.21. The van der Waals surface area contributed by atoms with Crippen LogP contribution in [0.5, 0.6) is 0 Å². The number of aryl methyl sites for hydroxylation is 1. The van der Waals surface area contributed by atoms with Gasteiger partial charge < -0.3 is 0 Å². The quantitative estimate of drug-likeness (QED) is 0.450. The number of hydrogen-bond acceptors (Lipinski definition) is 1. The molecule has 0 spiro atoms. The lowest BCUT2D eigenvalue weighted by Crippen LogP contribution is -2.00. The molecule has 1 aromatic heterocycles. The topological polar surface area (TPSA) is 0 Å².